The molecule has 42 heavy (non-hydrogen) atoms. The van der Waals surface area contributed by atoms with Gasteiger partial charge in [-0.2, -0.15) is 0 Å². The van der Waals surface area contributed by atoms with Crippen molar-refractivity contribution in [3.05, 3.63) is 82.4 Å². The van der Waals surface area contributed by atoms with Crippen LogP contribution in [-0.4, -0.2) is 80.2 Å². The number of aliphatic hydroxyl groups is 1. The number of ether oxygens (including phenoxy) is 2. The maximum Gasteiger partial charge on any atom is 0.325 e. The number of hydrogen-bond acceptors (Lipinski definition) is 11. The van der Waals surface area contributed by atoms with Gasteiger partial charge in [0.1, 0.15) is 19.2 Å². The van der Waals surface area contributed by atoms with Gasteiger partial charge >= 0.3 is 11.9 Å². The molecule has 2 aromatic rings. The Balaban J connectivity index is 2.10. The number of nitro groups is 1. The average molecular weight is 608 g/mol. The van der Waals surface area contributed by atoms with Crippen LogP contribution in [0.2, 0.25) is 0 Å². The number of nitrogens with zero attached hydrogens (tertiary/aromatic N) is 2. The molecule has 0 unspecified atom stereocenters. The van der Waals surface area contributed by atoms with Crippen molar-refractivity contribution in [3.8, 4) is 0 Å². The number of esters is 2. The summed E-state index contributed by atoms with van der Waals surface area (Å²) in [6.07, 6.45) is 0.518. The second kappa shape index (κ2) is 16.3. The lowest BCUT2D eigenvalue weighted by Crippen LogP contribution is -2.40. The summed E-state index contributed by atoms with van der Waals surface area (Å²) < 4.78 is 34.9. The summed E-state index contributed by atoms with van der Waals surface area (Å²) in [4.78, 5) is 55.2. The van der Waals surface area contributed by atoms with E-state index in [9.17, 15) is 38.0 Å². The van der Waals surface area contributed by atoms with E-state index in [-0.39, 0.29) is 35.8 Å². The second-order valence-corrected chi connectivity index (χ2v) is 10.4. The lowest BCUT2D eigenvalue weighted by molar-refractivity contribution is -0.384. The fourth-order valence-electron chi connectivity index (χ4n) is 3.73. The van der Waals surface area contributed by atoms with Gasteiger partial charge in [0.2, 0.25) is 0 Å². The summed E-state index contributed by atoms with van der Waals surface area (Å²) in [6.45, 7) is 5.76. The zero-order valence-corrected chi connectivity index (χ0v) is 23.9. The molecule has 228 valence electrons. The van der Waals surface area contributed by atoms with Crippen LogP contribution >= 0.6 is 0 Å². The topological polar surface area (TPSA) is 192 Å². The van der Waals surface area contributed by atoms with E-state index < -0.39 is 64.5 Å². The first-order chi connectivity index (χ1) is 19.9. The van der Waals surface area contributed by atoms with E-state index in [1.807, 2.05) is 4.89 Å². The van der Waals surface area contributed by atoms with Crippen LogP contribution in [0.3, 0.4) is 0 Å². The molecule has 0 fully saturated rings. The first kappa shape index (κ1) is 34.0. The number of carbonyl (C=O) groups is 3. The lowest BCUT2D eigenvalue weighted by atomic mass is 9.94. The van der Waals surface area contributed by atoms with Gasteiger partial charge in [0, 0.05) is 30.2 Å². The normalized spacial score (nSPS) is 12.5. The number of amides is 1. The number of sulfonamides is 1. The van der Waals surface area contributed by atoms with Crippen molar-refractivity contribution in [2.75, 3.05) is 32.9 Å². The Kier molecular flexibility index (Phi) is 13.2. The van der Waals surface area contributed by atoms with Crippen LogP contribution in [0.4, 0.5) is 5.69 Å². The molecule has 0 saturated heterocycles. The van der Waals surface area contributed by atoms with Gasteiger partial charge in [0.25, 0.3) is 21.6 Å². The molecular formula is C27H33N3O11S. The van der Waals surface area contributed by atoms with Gasteiger partial charge < -0.3 is 19.5 Å². The third-order valence-corrected chi connectivity index (χ3v) is 7.03. The number of hydrogen-bond donors (Lipinski definition) is 2. The highest BCUT2D eigenvalue weighted by Gasteiger charge is 2.25. The molecule has 0 aromatic heterocycles. The van der Waals surface area contributed by atoms with Crippen LogP contribution in [0, 0.1) is 16.0 Å². The van der Waals surface area contributed by atoms with Gasteiger partial charge in [-0.25, -0.2) is 8.42 Å². The summed E-state index contributed by atoms with van der Waals surface area (Å²) in [7, 11) is -4.20. The number of carbonyl (C=O) groups excluding carboxylic acids is 3. The van der Waals surface area contributed by atoms with Gasteiger partial charge in [-0.3, -0.25) is 29.3 Å². The van der Waals surface area contributed by atoms with Crippen molar-refractivity contribution in [1.82, 2.24) is 9.79 Å². The van der Waals surface area contributed by atoms with Gasteiger partial charge in [-0.15, -0.1) is 6.58 Å². The predicted molar refractivity (Wildman–Crippen MR) is 148 cm³/mol. The molecule has 0 radical (unpaired) electrons. The Bertz CT molecular complexity index is 1330. The van der Waals surface area contributed by atoms with Crippen molar-refractivity contribution in [1.29, 1.82) is 0 Å². The number of nitrogens with one attached hydrogen (secondary N) is 1. The van der Waals surface area contributed by atoms with E-state index in [0.717, 1.165) is 29.2 Å². The molecule has 0 aliphatic rings. The summed E-state index contributed by atoms with van der Waals surface area (Å²) in [5.74, 6) is -2.63. The predicted octanol–water partition coefficient (Wildman–Crippen LogP) is 1.78. The molecule has 0 spiro atoms. The van der Waals surface area contributed by atoms with Gasteiger partial charge in [-0.1, -0.05) is 23.1 Å². The van der Waals surface area contributed by atoms with Crippen molar-refractivity contribution in [2.24, 2.45) is 5.92 Å². The van der Waals surface area contributed by atoms with E-state index in [4.69, 9.17) is 14.3 Å². The van der Waals surface area contributed by atoms with Gasteiger partial charge in [-0.05, 0) is 50.1 Å². The van der Waals surface area contributed by atoms with Crippen molar-refractivity contribution < 1.29 is 47.1 Å². The minimum atomic E-state index is -4.20. The number of benzene rings is 2. The minimum absolute atomic E-state index is 0.106. The second-order valence-electron chi connectivity index (χ2n) is 8.77. The van der Waals surface area contributed by atoms with Crippen LogP contribution in [0.15, 0.2) is 66.1 Å². The van der Waals surface area contributed by atoms with Crippen LogP contribution < -0.4 is 4.89 Å². The molecule has 0 saturated carbocycles. The Morgan fingerprint density at radius 1 is 1.02 bits per heavy atom. The third kappa shape index (κ3) is 10.0. The molecule has 0 bridgehead atoms. The summed E-state index contributed by atoms with van der Waals surface area (Å²) in [5, 5.41) is 20.8. The zero-order valence-electron chi connectivity index (χ0n) is 23.1. The van der Waals surface area contributed by atoms with Gasteiger partial charge in [0.05, 0.1) is 23.0 Å². The molecule has 0 heterocycles. The smallest absolute Gasteiger partial charge is 0.325 e. The highest BCUT2D eigenvalue weighted by atomic mass is 32.2. The zero-order chi connectivity index (χ0) is 31.3. The number of non-ortho nitro benzene ring substituents is 1. The molecule has 0 aliphatic carbocycles. The first-order valence-corrected chi connectivity index (χ1v) is 14.3. The van der Waals surface area contributed by atoms with E-state index in [0.29, 0.717) is 5.56 Å². The van der Waals surface area contributed by atoms with Crippen molar-refractivity contribution in [2.45, 2.75) is 31.3 Å². The third-order valence-electron chi connectivity index (χ3n) is 5.82. The van der Waals surface area contributed by atoms with Gasteiger partial charge in [0.15, 0.2) is 0 Å². The molecule has 15 heteroatoms. The number of nitro benzene ring substituents is 1. The Morgan fingerprint density at radius 2 is 1.57 bits per heavy atom. The fraction of sp³-hybridized carbons (Fsp3) is 0.370. The Morgan fingerprint density at radius 3 is 2.02 bits per heavy atom. The Labute approximate surface area is 243 Å². The van der Waals surface area contributed by atoms with Crippen molar-refractivity contribution in [3.63, 3.8) is 0 Å². The Hall–Kier alpha value is -4.18. The highest BCUT2D eigenvalue weighted by Crippen LogP contribution is 2.19. The minimum Gasteiger partial charge on any atom is -0.465 e. The molecule has 1 amide bonds. The van der Waals surface area contributed by atoms with Crippen LogP contribution in [0.1, 0.15) is 29.8 Å². The molecule has 2 N–H and O–H groups in total. The molecule has 0 aliphatic heterocycles. The van der Waals surface area contributed by atoms with Crippen LogP contribution in [0.25, 0.3) is 0 Å². The lowest BCUT2D eigenvalue weighted by Gasteiger charge is -2.23. The van der Waals surface area contributed by atoms with Crippen LogP contribution in [-0.2, 0) is 40.3 Å². The summed E-state index contributed by atoms with van der Waals surface area (Å²) in [6, 6.07) is 10.4. The number of aliphatic hydroxyl groups excluding tert-OH is 1. The monoisotopic (exact) mass is 607 g/mol. The standard InChI is InChI=1S/C27H33N3O11S/c1-4-24(41-28-42(37,38)23-13-11-22(12-14-23)30(35)36)21(18-31)15-19-7-9-20(10-8-19)27(34)29(16-25(32)39-5-2)17-26(33)40-6-3/h4,7-14,21,24,28,31H,1,5-6,15-18H2,2-3H3/t21-,24-/m0/s1. The molecule has 2 rings (SSSR count). The van der Waals surface area contributed by atoms with E-state index >= 15 is 0 Å². The average Bonchev–Trinajstić information content (AvgIpc) is 2.96. The molecule has 14 nitrogen and oxygen atoms in total. The SMILES string of the molecule is C=C[C@H](ONS(=O)(=O)c1ccc([N+](=O)[O-])cc1)[C@H](CO)Cc1ccc(C(=O)N(CC(=O)OCC)CC(=O)OCC)cc1. The summed E-state index contributed by atoms with van der Waals surface area (Å²) >= 11 is 0. The molecular weight excluding hydrogens is 574 g/mol. The molecule has 2 atom stereocenters. The largest absolute Gasteiger partial charge is 0.465 e. The van der Waals surface area contributed by atoms with E-state index in [1.54, 1.807) is 26.0 Å². The molecule has 2 aromatic carbocycles. The summed E-state index contributed by atoms with van der Waals surface area (Å²) in [5.41, 5.74) is 0.555. The maximum atomic E-state index is 13.1. The number of rotatable bonds is 17. The van der Waals surface area contributed by atoms with E-state index in [1.165, 1.54) is 18.2 Å². The first-order valence-electron chi connectivity index (χ1n) is 12.8. The van der Waals surface area contributed by atoms with E-state index in [2.05, 4.69) is 6.58 Å². The quantitative estimate of drug-likeness (QED) is 0.115. The highest BCUT2D eigenvalue weighted by molar-refractivity contribution is 7.89. The van der Waals surface area contributed by atoms with Crippen LogP contribution in [0.5, 0.6) is 0 Å². The van der Waals surface area contributed by atoms with Crippen molar-refractivity contribution >= 4 is 33.6 Å². The maximum absolute atomic E-state index is 13.1. The fourth-order valence-corrected chi connectivity index (χ4v) is 4.56.